The number of benzene rings is 3. The normalized spacial score (nSPS) is 10.8. The molecule has 3 aromatic carbocycles. The van der Waals surface area contributed by atoms with Gasteiger partial charge in [0.1, 0.15) is 0 Å². The Morgan fingerprint density at radius 1 is 1.00 bits per heavy atom. The summed E-state index contributed by atoms with van der Waals surface area (Å²) in [6.07, 6.45) is 0. The molecule has 0 aliphatic heterocycles. The van der Waals surface area contributed by atoms with Gasteiger partial charge in [-0.25, -0.2) is 9.78 Å². The highest BCUT2D eigenvalue weighted by Gasteiger charge is 2.17. The fraction of sp³-hybridized carbons (Fsp3) is 0.115. The van der Waals surface area contributed by atoms with Crippen molar-refractivity contribution in [2.75, 3.05) is 11.9 Å². The van der Waals surface area contributed by atoms with Gasteiger partial charge in [0.25, 0.3) is 5.91 Å². The van der Waals surface area contributed by atoms with Crippen molar-refractivity contribution >= 4 is 56.0 Å². The molecule has 1 aromatic heterocycles. The van der Waals surface area contributed by atoms with Crippen molar-refractivity contribution in [3.63, 3.8) is 0 Å². The van der Waals surface area contributed by atoms with Gasteiger partial charge in [0.05, 0.1) is 16.8 Å². The van der Waals surface area contributed by atoms with Crippen LogP contribution in [0.5, 0.6) is 0 Å². The summed E-state index contributed by atoms with van der Waals surface area (Å²) in [4.78, 5) is 30.1. The van der Waals surface area contributed by atoms with Crippen molar-refractivity contribution < 1.29 is 14.3 Å². The minimum atomic E-state index is -0.595. The van der Waals surface area contributed by atoms with E-state index in [1.165, 1.54) is 0 Å². The molecule has 0 atom stereocenters. The molecule has 1 N–H and O–H groups in total. The molecule has 4 aromatic rings. The van der Waals surface area contributed by atoms with Crippen LogP contribution in [-0.2, 0) is 9.53 Å². The molecule has 33 heavy (non-hydrogen) atoms. The second-order valence-electron chi connectivity index (χ2n) is 7.62. The topological polar surface area (TPSA) is 68.3 Å². The Bertz CT molecular complexity index is 1370. The van der Waals surface area contributed by atoms with Crippen LogP contribution in [0.4, 0.5) is 5.69 Å². The van der Waals surface area contributed by atoms with Crippen molar-refractivity contribution in [1.82, 2.24) is 4.98 Å². The maximum Gasteiger partial charge on any atom is 0.339 e. The van der Waals surface area contributed by atoms with Gasteiger partial charge in [-0.2, -0.15) is 0 Å². The highest BCUT2D eigenvalue weighted by atomic mass is 79.9. The van der Waals surface area contributed by atoms with Crippen LogP contribution in [0.25, 0.3) is 22.2 Å². The van der Waals surface area contributed by atoms with E-state index in [0.717, 1.165) is 21.2 Å². The molecule has 0 bridgehead atoms. The average molecular weight is 524 g/mol. The zero-order valence-corrected chi connectivity index (χ0v) is 20.3. The predicted molar refractivity (Wildman–Crippen MR) is 135 cm³/mol. The third kappa shape index (κ3) is 5.24. The minimum Gasteiger partial charge on any atom is -0.452 e. The van der Waals surface area contributed by atoms with Gasteiger partial charge in [-0.15, -0.1) is 0 Å². The molecule has 0 saturated carbocycles. The lowest BCUT2D eigenvalue weighted by Crippen LogP contribution is -2.21. The van der Waals surface area contributed by atoms with Gasteiger partial charge in [-0.05, 0) is 61.4 Å². The summed E-state index contributed by atoms with van der Waals surface area (Å²) in [7, 11) is 0. The molecule has 0 aliphatic rings. The molecular weight excluding hydrogens is 504 g/mol. The molecular formula is C26H20BrClN2O3. The number of rotatable bonds is 5. The van der Waals surface area contributed by atoms with Crippen molar-refractivity contribution in [3.05, 3.63) is 92.9 Å². The van der Waals surface area contributed by atoms with E-state index in [2.05, 4.69) is 26.2 Å². The molecule has 0 spiro atoms. The summed E-state index contributed by atoms with van der Waals surface area (Å²) < 4.78 is 6.33. The smallest absolute Gasteiger partial charge is 0.339 e. The fourth-order valence-corrected chi connectivity index (χ4v) is 4.01. The number of anilines is 1. The monoisotopic (exact) mass is 522 g/mol. The van der Waals surface area contributed by atoms with Gasteiger partial charge >= 0.3 is 5.97 Å². The van der Waals surface area contributed by atoms with Gasteiger partial charge < -0.3 is 10.1 Å². The first kappa shape index (κ1) is 23.0. The van der Waals surface area contributed by atoms with Crippen LogP contribution in [0.15, 0.2) is 71.2 Å². The van der Waals surface area contributed by atoms with Crippen LogP contribution in [0.1, 0.15) is 21.5 Å². The number of aromatic nitrogens is 1. The third-order valence-corrected chi connectivity index (χ3v) is 6.30. The van der Waals surface area contributed by atoms with E-state index in [4.69, 9.17) is 16.3 Å². The number of para-hydroxylation sites is 1. The number of esters is 1. The Morgan fingerprint density at radius 2 is 1.73 bits per heavy atom. The lowest BCUT2D eigenvalue weighted by atomic mass is 10.0. The number of halogens is 2. The number of hydrogen-bond donors (Lipinski definition) is 1. The molecule has 0 fully saturated rings. The van der Waals surface area contributed by atoms with Crippen LogP contribution < -0.4 is 5.32 Å². The molecule has 4 rings (SSSR count). The van der Waals surface area contributed by atoms with E-state index >= 15 is 0 Å². The Balaban J connectivity index is 1.56. The molecule has 5 nitrogen and oxygen atoms in total. The first-order valence-electron chi connectivity index (χ1n) is 10.2. The Kier molecular flexibility index (Phi) is 6.77. The predicted octanol–water partition coefficient (Wildman–Crippen LogP) is 6.73. The van der Waals surface area contributed by atoms with Crippen molar-refractivity contribution in [1.29, 1.82) is 0 Å². The summed E-state index contributed by atoms with van der Waals surface area (Å²) in [5, 5.41) is 4.07. The summed E-state index contributed by atoms with van der Waals surface area (Å²) in [5.41, 5.74) is 5.00. The second kappa shape index (κ2) is 9.73. The highest BCUT2D eigenvalue weighted by Crippen LogP contribution is 2.27. The van der Waals surface area contributed by atoms with Crippen molar-refractivity contribution in [2.45, 2.75) is 13.8 Å². The molecule has 0 aliphatic carbocycles. The zero-order chi connectivity index (χ0) is 23.5. The Morgan fingerprint density at radius 3 is 2.48 bits per heavy atom. The highest BCUT2D eigenvalue weighted by molar-refractivity contribution is 9.10. The molecule has 166 valence electrons. The van der Waals surface area contributed by atoms with Crippen LogP contribution >= 0.6 is 27.5 Å². The van der Waals surface area contributed by atoms with Crippen LogP contribution in [-0.4, -0.2) is 23.5 Å². The van der Waals surface area contributed by atoms with Gasteiger partial charge in [0.2, 0.25) is 0 Å². The number of amides is 1. The number of nitrogens with one attached hydrogen (secondary N) is 1. The maximum atomic E-state index is 13.0. The Labute approximate surface area is 204 Å². The first-order chi connectivity index (χ1) is 15.8. The van der Waals surface area contributed by atoms with E-state index in [-0.39, 0.29) is 0 Å². The summed E-state index contributed by atoms with van der Waals surface area (Å²) >= 11 is 9.47. The van der Waals surface area contributed by atoms with E-state index in [9.17, 15) is 9.59 Å². The minimum absolute atomic E-state index is 0.342. The van der Waals surface area contributed by atoms with E-state index < -0.39 is 18.5 Å². The fourth-order valence-electron chi connectivity index (χ4n) is 3.42. The number of carbonyl (C=O) groups excluding carboxylic acids is 2. The van der Waals surface area contributed by atoms with Crippen LogP contribution in [0.2, 0.25) is 5.02 Å². The number of pyridine rings is 1. The van der Waals surface area contributed by atoms with E-state index in [1.54, 1.807) is 24.3 Å². The molecule has 7 heteroatoms. The second-order valence-corrected chi connectivity index (χ2v) is 8.91. The van der Waals surface area contributed by atoms with Crippen LogP contribution in [0, 0.1) is 13.8 Å². The molecule has 1 heterocycles. The number of aryl methyl sites for hydroxylation is 2. The number of nitrogens with zero attached hydrogens (tertiary/aromatic N) is 1. The standard InChI is InChI=1S/C26H20BrClN2O3/c1-15-12-23(16(2)11-21(15)27)30-25(31)14-33-26(32)20-13-24(17-7-9-18(28)10-8-17)29-22-6-4-3-5-19(20)22/h3-13H,14H2,1-2H3,(H,30,31). The van der Waals surface area contributed by atoms with Gasteiger partial charge in [-0.3, -0.25) is 4.79 Å². The largest absolute Gasteiger partial charge is 0.452 e. The number of carbonyl (C=O) groups is 2. The van der Waals surface area contributed by atoms with Gasteiger partial charge in [0.15, 0.2) is 6.61 Å². The summed E-state index contributed by atoms with van der Waals surface area (Å²) in [5.74, 6) is -1.01. The SMILES string of the molecule is Cc1cc(NC(=O)COC(=O)c2cc(-c3ccc(Cl)cc3)nc3ccccc23)c(C)cc1Br. The van der Waals surface area contributed by atoms with Gasteiger partial charge in [-0.1, -0.05) is 57.9 Å². The molecule has 1 amide bonds. The molecule has 0 saturated heterocycles. The zero-order valence-electron chi connectivity index (χ0n) is 18.0. The number of fused-ring (bicyclic) bond motifs is 1. The number of ether oxygens (including phenoxy) is 1. The maximum absolute atomic E-state index is 13.0. The van der Waals surface area contributed by atoms with E-state index in [1.807, 2.05) is 56.3 Å². The van der Waals surface area contributed by atoms with Crippen LogP contribution in [0.3, 0.4) is 0 Å². The lowest BCUT2D eigenvalue weighted by molar-refractivity contribution is -0.119. The van der Waals surface area contributed by atoms with Gasteiger partial charge in [0, 0.05) is 26.1 Å². The summed E-state index contributed by atoms with van der Waals surface area (Å²) in [6, 6.07) is 20.0. The average Bonchev–Trinajstić information content (AvgIpc) is 2.80. The summed E-state index contributed by atoms with van der Waals surface area (Å²) in [6.45, 7) is 3.43. The molecule has 0 unspecified atom stereocenters. The number of hydrogen-bond acceptors (Lipinski definition) is 4. The van der Waals surface area contributed by atoms with Crippen molar-refractivity contribution in [3.8, 4) is 11.3 Å². The third-order valence-electron chi connectivity index (χ3n) is 5.19. The first-order valence-corrected chi connectivity index (χ1v) is 11.4. The molecule has 0 radical (unpaired) electrons. The quantitative estimate of drug-likeness (QED) is 0.295. The Hall–Kier alpha value is -3.22. The lowest BCUT2D eigenvalue weighted by Gasteiger charge is -2.12. The van der Waals surface area contributed by atoms with Crippen molar-refractivity contribution in [2.24, 2.45) is 0 Å². The van der Waals surface area contributed by atoms with E-state index in [0.29, 0.717) is 32.9 Å².